The predicted molar refractivity (Wildman–Crippen MR) is 80.0 cm³/mol. The molecule has 7 nitrogen and oxygen atoms in total. The number of aryl methyl sites for hydroxylation is 1. The van der Waals surface area contributed by atoms with Gasteiger partial charge in [0.1, 0.15) is 6.04 Å². The van der Waals surface area contributed by atoms with Crippen LogP contribution in [-0.4, -0.2) is 42.3 Å². The molecule has 1 heterocycles. The molecule has 120 valence electrons. The minimum Gasteiger partial charge on any atom is -0.480 e. The largest absolute Gasteiger partial charge is 0.480 e. The molecule has 1 amide bonds. The monoisotopic (exact) mass is 326 g/mol. The lowest BCUT2D eigenvalue weighted by Gasteiger charge is -2.21. The van der Waals surface area contributed by atoms with Gasteiger partial charge in [-0.15, -0.1) is 0 Å². The van der Waals surface area contributed by atoms with E-state index < -0.39 is 22.0 Å². The molecule has 0 aromatic heterocycles. The average molecular weight is 326 g/mol. The van der Waals surface area contributed by atoms with E-state index in [1.165, 1.54) is 19.1 Å². The van der Waals surface area contributed by atoms with E-state index in [9.17, 15) is 18.0 Å². The molecule has 1 saturated heterocycles. The molecule has 0 spiro atoms. The van der Waals surface area contributed by atoms with E-state index in [2.05, 4.69) is 5.32 Å². The van der Waals surface area contributed by atoms with Crippen LogP contribution in [0.5, 0.6) is 0 Å². The van der Waals surface area contributed by atoms with Crippen molar-refractivity contribution in [1.29, 1.82) is 0 Å². The molecule has 1 aliphatic heterocycles. The molecular weight excluding hydrogens is 308 g/mol. The molecule has 1 atom stereocenters. The Balaban J connectivity index is 2.41. The molecule has 1 aromatic carbocycles. The van der Waals surface area contributed by atoms with E-state index in [4.69, 9.17) is 5.11 Å². The van der Waals surface area contributed by atoms with Crippen LogP contribution in [-0.2, 0) is 19.6 Å². The average Bonchev–Trinajstić information content (AvgIpc) is 2.90. The predicted octanol–water partition coefficient (Wildman–Crippen LogP) is 1.19. The fraction of sp³-hybridized carbons (Fsp3) is 0.429. The number of carboxylic acid groups (broad SMARTS) is 1. The third-order valence-electron chi connectivity index (χ3n) is 3.62. The lowest BCUT2D eigenvalue weighted by Crippen LogP contribution is -2.40. The summed E-state index contributed by atoms with van der Waals surface area (Å²) in [7, 11) is -3.91. The van der Waals surface area contributed by atoms with Crippen LogP contribution in [0.3, 0.4) is 0 Å². The summed E-state index contributed by atoms with van der Waals surface area (Å²) in [6, 6.07) is 3.34. The Morgan fingerprint density at radius 2 is 2.05 bits per heavy atom. The first kappa shape index (κ1) is 16.4. The van der Waals surface area contributed by atoms with Crippen LogP contribution in [0.1, 0.15) is 25.3 Å². The zero-order valence-corrected chi connectivity index (χ0v) is 13.2. The molecule has 1 aliphatic rings. The number of amides is 1. The Hall–Kier alpha value is -1.93. The third-order valence-corrected chi connectivity index (χ3v) is 5.52. The number of rotatable bonds is 4. The number of nitrogens with zero attached hydrogens (tertiary/aromatic N) is 1. The number of carbonyl (C=O) groups is 2. The van der Waals surface area contributed by atoms with Gasteiger partial charge in [-0.05, 0) is 37.5 Å². The fourth-order valence-electron chi connectivity index (χ4n) is 2.50. The van der Waals surface area contributed by atoms with Crippen molar-refractivity contribution in [2.24, 2.45) is 0 Å². The first-order valence-corrected chi connectivity index (χ1v) is 8.30. The quantitative estimate of drug-likeness (QED) is 0.865. The van der Waals surface area contributed by atoms with Gasteiger partial charge in [-0.25, -0.2) is 8.42 Å². The van der Waals surface area contributed by atoms with Gasteiger partial charge in [0.05, 0.1) is 4.90 Å². The van der Waals surface area contributed by atoms with E-state index in [0.29, 0.717) is 18.5 Å². The molecule has 0 saturated carbocycles. The molecule has 1 fully saturated rings. The summed E-state index contributed by atoms with van der Waals surface area (Å²) in [5.74, 6) is -1.45. The lowest BCUT2D eigenvalue weighted by atomic mass is 10.2. The SMILES string of the molecule is CC(=O)Nc1cc(S(=O)(=O)N2CCCC2C(=O)O)ccc1C. The van der Waals surface area contributed by atoms with Gasteiger partial charge < -0.3 is 10.4 Å². The van der Waals surface area contributed by atoms with Crippen molar-refractivity contribution in [3.63, 3.8) is 0 Å². The molecule has 2 N–H and O–H groups in total. The van der Waals surface area contributed by atoms with E-state index in [0.717, 1.165) is 9.87 Å². The van der Waals surface area contributed by atoms with Crippen molar-refractivity contribution in [2.75, 3.05) is 11.9 Å². The van der Waals surface area contributed by atoms with Crippen molar-refractivity contribution >= 4 is 27.6 Å². The number of sulfonamides is 1. The van der Waals surface area contributed by atoms with Gasteiger partial charge in [0.25, 0.3) is 0 Å². The molecule has 22 heavy (non-hydrogen) atoms. The molecule has 0 aliphatic carbocycles. The van der Waals surface area contributed by atoms with Crippen LogP contribution in [0.4, 0.5) is 5.69 Å². The van der Waals surface area contributed by atoms with Crippen LogP contribution < -0.4 is 5.32 Å². The number of nitrogens with one attached hydrogen (secondary N) is 1. The summed E-state index contributed by atoms with van der Waals surface area (Å²) >= 11 is 0. The smallest absolute Gasteiger partial charge is 0.322 e. The standard InChI is InChI=1S/C14H18N2O5S/c1-9-5-6-11(8-12(9)15-10(2)17)22(20,21)16-7-3-4-13(16)14(18)19/h5-6,8,13H,3-4,7H2,1-2H3,(H,15,17)(H,18,19). The Labute approximate surface area is 129 Å². The highest BCUT2D eigenvalue weighted by Gasteiger charge is 2.39. The summed E-state index contributed by atoms with van der Waals surface area (Å²) in [6.45, 7) is 3.27. The Morgan fingerprint density at radius 3 is 2.64 bits per heavy atom. The lowest BCUT2D eigenvalue weighted by molar-refractivity contribution is -0.140. The highest BCUT2D eigenvalue weighted by molar-refractivity contribution is 7.89. The number of anilines is 1. The maximum absolute atomic E-state index is 12.6. The van der Waals surface area contributed by atoms with Crippen molar-refractivity contribution in [1.82, 2.24) is 4.31 Å². The second-order valence-electron chi connectivity index (χ2n) is 5.27. The van der Waals surface area contributed by atoms with Gasteiger partial charge in [-0.3, -0.25) is 9.59 Å². The van der Waals surface area contributed by atoms with E-state index in [1.807, 2.05) is 0 Å². The van der Waals surface area contributed by atoms with Gasteiger partial charge >= 0.3 is 5.97 Å². The van der Waals surface area contributed by atoms with E-state index in [-0.39, 0.29) is 17.3 Å². The van der Waals surface area contributed by atoms with Crippen molar-refractivity contribution in [3.05, 3.63) is 23.8 Å². The van der Waals surface area contributed by atoms with Gasteiger partial charge in [0.2, 0.25) is 15.9 Å². The number of benzene rings is 1. The molecule has 8 heteroatoms. The molecule has 1 aromatic rings. The second-order valence-corrected chi connectivity index (χ2v) is 7.16. The zero-order chi connectivity index (χ0) is 16.5. The van der Waals surface area contributed by atoms with Crippen LogP contribution >= 0.6 is 0 Å². The highest BCUT2D eigenvalue weighted by atomic mass is 32.2. The molecule has 1 unspecified atom stereocenters. The van der Waals surface area contributed by atoms with Gasteiger partial charge in [-0.1, -0.05) is 6.07 Å². The summed E-state index contributed by atoms with van der Waals surface area (Å²) < 4.78 is 26.3. The first-order valence-electron chi connectivity index (χ1n) is 6.86. The number of hydrogen-bond donors (Lipinski definition) is 2. The number of carboxylic acids is 1. The topological polar surface area (TPSA) is 104 Å². The number of aliphatic carboxylic acids is 1. The fourth-order valence-corrected chi connectivity index (χ4v) is 4.17. The van der Waals surface area contributed by atoms with Crippen LogP contribution in [0.15, 0.2) is 23.1 Å². The Bertz CT molecular complexity index is 714. The normalized spacial score (nSPS) is 19.1. The summed E-state index contributed by atoms with van der Waals surface area (Å²) in [6.07, 6.45) is 0.819. The van der Waals surface area contributed by atoms with Crippen molar-refractivity contribution < 1.29 is 23.1 Å². The Kier molecular flexibility index (Phi) is 4.52. The van der Waals surface area contributed by atoms with E-state index in [1.54, 1.807) is 13.0 Å². The third kappa shape index (κ3) is 3.12. The summed E-state index contributed by atoms with van der Waals surface area (Å²) in [5.41, 5.74) is 1.13. The molecule has 0 radical (unpaired) electrons. The van der Waals surface area contributed by atoms with Gasteiger partial charge in [0, 0.05) is 19.2 Å². The molecule has 2 rings (SSSR count). The summed E-state index contributed by atoms with van der Waals surface area (Å²) in [5, 5.41) is 11.7. The Morgan fingerprint density at radius 1 is 1.36 bits per heavy atom. The van der Waals surface area contributed by atoms with Crippen LogP contribution in [0.2, 0.25) is 0 Å². The molecule has 0 bridgehead atoms. The second kappa shape index (κ2) is 6.05. The minimum absolute atomic E-state index is 0.0185. The minimum atomic E-state index is -3.91. The maximum Gasteiger partial charge on any atom is 0.322 e. The summed E-state index contributed by atoms with van der Waals surface area (Å²) in [4.78, 5) is 22.4. The van der Waals surface area contributed by atoms with Crippen molar-refractivity contribution in [2.45, 2.75) is 37.6 Å². The van der Waals surface area contributed by atoms with E-state index >= 15 is 0 Å². The van der Waals surface area contributed by atoms with Gasteiger partial charge in [0.15, 0.2) is 0 Å². The van der Waals surface area contributed by atoms with Gasteiger partial charge in [-0.2, -0.15) is 4.31 Å². The van der Waals surface area contributed by atoms with Crippen LogP contribution in [0, 0.1) is 6.92 Å². The maximum atomic E-state index is 12.6. The zero-order valence-electron chi connectivity index (χ0n) is 12.4. The number of hydrogen-bond acceptors (Lipinski definition) is 4. The molecular formula is C14H18N2O5S. The number of carbonyl (C=O) groups excluding carboxylic acids is 1. The van der Waals surface area contributed by atoms with Crippen molar-refractivity contribution in [3.8, 4) is 0 Å². The van der Waals surface area contributed by atoms with Crippen LogP contribution in [0.25, 0.3) is 0 Å². The highest BCUT2D eigenvalue weighted by Crippen LogP contribution is 2.28. The first-order chi connectivity index (χ1) is 10.2.